The van der Waals surface area contributed by atoms with E-state index in [9.17, 15) is 4.79 Å². The third-order valence-electron chi connectivity index (χ3n) is 4.56. The summed E-state index contributed by atoms with van der Waals surface area (Å²) in [5.41, 5.74) is 3.34. The minimum absolute atomic E-state index is 0.210. The summed E-state index contributed by atoms with van der Waals surface area (Å²) in [7, 11) is 0. The van der Waals surface area contributed by atoms with Gasteiger partial charge < -0.3 is 4.74 Å². The maximum Gasteiger partial charge on any atom is 0.305 e. The normalized spacial score (nSPS) is 11.0. The van der Waals surface area contributed by atoms with Gasteiger partial charge in [-0.15, -0.1) is 0 Å². The van der Waals surface area contributed by atoms with Gasteiger partial charge in [-0.2, -0.15) is 5.10 Å². The number of carbonyl (C=O) groups excluding carboxylic acids is 1. The van der Waals surface area contributed by atoms with Crippen LogP contribution in [0.1, 0.15) is 19.8 Å². The molecule has 0 unspecified atom stereocenters. The van der Waals surface area contributed by atoms with Crippen molar-refractivity contribution < 1.29 is 9.53 Å². The summed E-state index contributed by atoms with van der Waals surface area (Å²) in [6.45, 7) is 2.72. The SMILES string of the molecule is CCOC(=O)CCCn1nc(-c2ccc(Cl)cc2)nc1-c1ccc2nccnc2c1. The van der Waals surface area contributed by atoms with E-state index in [1.165, 1.54) is 0 Å². The molecule has 8 heteroatoms. The second kappa shape index (κ2) is 9.00. The molecule has 4 aromatic rings. The van der Waals surface area contributed by atoms with Gasteiger partial charge in [0, 0.05) is 41.5 Å². The highest BCUT2D eigenvalue weighted by atomic mass is 35.5. The fourth-order valence-electron chi connectivity index (χ4n) is 3.14. The van der Waals surface area contributed by atoms with Gasteiger partial charge in [-0.1, -0.05) is 11.6 Å². The smallest absolute Gasteiger partial charge is 0.305 e. The number of carbonyl (C=O) groups is 1. The molecule has 0 aliphatic rings. The van der Waals surface area contributed by atoms with Gasteiger partial charge in [-0.05, 0) is 55.8 Å². The van der Waals surface area contributed by atoms with Crippen LogP contribution < -0.4 is 0 Å². The molecule has 0 aliphatic heterocycles. The summed E-state index contributed by atoms with van der Waals surface area (Å²) in [6, 6.07) is 13.2. The van der Waals surface area contributed by atoms with Crippen molar-refractivity contribution in [1.82, 2.24) is 24.7 Å². The van der Waals surface area contributed by atoms with Crippen LogP contribution in [0.2, 0.25) is 5.02 Å². The molecule has 0 spiro atoms. The lowest BCUT2D eigenvalue weighted by Crippen LogP contribution is -2.08. The van der Waals surface area contributed by atoms with Crippen LogP contribution in [0.5, 0.6) is 0 Å². The first-order chi connectivity index (χ1) is 14.6. The van der Waals surface area contributed by atoms with Gasteiger partial charge in [0.15, 0.2) is 11.6 Å². The Morgan fingerprint density at radius 3 is 2.53 bits per heavy atom. The molecule has 0 bridgehead atoms. The Hall–Kier alpha value is -3.32. The number of nitrogens with zero attached hydrogens (tertiary/aromatic N) is 5. The van der Waals surface area contributed by atoms with Gasteiger partial charge in [0.05, 0.1) is 17.6 Å². The van der Waals surface area contributed by atoms with Crippen LogP contribution in [0.3, 0.4) is 0 Å². The van der Waals surface area contributed by atoms with Gasteiger partial charge in [-0.25, -0.2) is 9.67 Å². The Morgan fingerprint density at radius 1 is 1.03 bits per heavy atom. The Morgan fingerprint density at radius 2 is 1.77 bits per heavy atom. The predicted octanol–water partition coefficient (Wildman–Crippen LogP) is 4.55. The molecule has 152 valence electrons. The number of hydrogen-bond donors (Lipinski definition) is 0. The van der Waals surface area contributed by atoms with Crippen molar-refractivity contribution in [3.63, 3.8) is 0 Å². The Labute approximate surface area is 178 Å². The summed E-state index contributed by atoms with van der Waals surface area (Å²) in [6.07, 6.45) is 4.25. The Kier molecular flexibility index (Phi) is 5.99. The molecule has 0 saturated heterocycles. The van der Waals surface area contributed by atoms with Crippen molar-refractivity contribution in [2.75, 3.05) is 6.61 Å². The zero-order valence-electron chi connectivity index (χ0n) is 16.5. The number of esters is 1. The summed E-state index contributed by atoms with van der Waals surface area (Å²) in [4.78, 5) is 25.2. The van der Waals surface area contributed by atoms with Crippen molar-refractivity contribution in [3.8, 4) is 22.8 Å². The molecule has 7 nitrogen and oxygen atoms in total. The van der Waals surface area contributed by atoms with Crippen molar-refractivity contribution in [2.45, 2.75) is 26.3 Å². The number of ether oxygens (including phenoxy) is 1. The lowest BCUT2D eigenvalue weighted by atomic mass is 10.1. The predicted molar refractivity (Wildman–Crippen MR) is 115 cm³/mol. The molecule has 2 aromatic heterocycles. The number of aryl methyl sites for hydroxylation is 1. The zero-order valence-corrected chi connectivity index (χ0v) is 17.2. The summed E-state index contributed by atoms with van der Waals surface area (Å²) in [5.74, 6) is 1.09. The molecule has 2 heterocycles. The molecule has 2 aromatic carbocycles. The van der Waals surface area contributed by atoms with Crippen LogP contribution in [0.4, 0.5) is 0 Å². The van der Waals surface area contributed by atoms with Crippen molar-refractivity contribution in [1.29, 1.82) is 0 Å². The molecule has 0 aliphatic carbocycles. The molecule has 0 N–H and O–H groups in total. The minimum Gasteiger partial charge on any atom is -0.466 e. The molecule has 4 rings (SSSR count). The van der Waals surface area contributed by atoms with Crippen LogP contribution in [-0.2, 0) is 16.1 Å². The van der Waals surface area contributed by atoms with Crippen molar-refractivity contribution in [3.05, 3.63) is 59.9 Å². The maximum atomic E-state index is 11.7. The lowest BCUT2D eigenvalue weighted by Gasteiger charge is -2.06. The second-order valence-electron chi connectivity index (χ2n) is 6.66. The third kappa shape index (κ3) is 4.46. The Balaban J connectivity index is 1.68. The monoisotopic (exact) mass is 421 g/mol. The first-order valence-electron chi connectivity index (χ1n) is 9.71. The third-order valence-corrected chi connectivity index (χ3v) is 4.81. The molecule has 0 radical (unpaired) electrons. The highest BCUT2D eigenvalue weighted by Crippen LogP contribution is 2.26. The van der Waals surface area contributed by atoms with Gasteiger partial charge in [0.1, 0.15) is 0 Å². The number of hydrogen-bond acceptors (Lipinski definition) is 6. The molecular weight excluding hydrogens is 402 g/mol. The summed E-state index contributed by atoms with van der Waals surface area (Å²) < 4.78 is 6.84. The topological polar surface area (TPSA) is 82.8 Å². The van der Waals surface area contributed by atoms with Crippen LogP contribution in [0, 0.1) is 0 Å². The van der Waals surface area contributed by atoms with Gasteiger partial charge in [-0.3, -0.25) is 14.8 Å². The first-order valence-corrected chi connectivity index (χ1v) is 10.1. The molecule has 0 atom stereocenters. The summed E-state index contributed by atoms with van der Waals surface area (Å²) >= 11 is 6.01. The molecule has 0 amide bonds. The van der Waals surface area contributed by atoms with E-state index in [-0.39, 0.29) is 5.97 Å². The highest BCUT2D eigenvalue weighted by Gasteiger charge is 2.15. The van der Waals surface area contributed by atoms with Crippen LogP contribution >= 0.6 is 11.6 Å². The quantitative estimate of drug-likeness (QED) is 0.407. The maximum absolute atomic E-state index is 11.7. The average Bonchev–Trinajstić information content (AvgIpc) is 3.18. The average molecular weight is 422 g/mol. The van der Waals surface area contributed by atoms with E-state index in [2.05, 4.69) is 15.1 Å². The van der Waals surface area contributed by atoms with Gasteiger partial charge >= 0.3 is 5.97 Å². The number of fused-ring (bicyclic) bond motifs is 1. The van der Waals surface area contributed by atoms with E-state index in [0.717, 1.165) is 22.2 Å². The number of halogens is 1. The molecule has 30 heavy (non-hydrogen) atoms. The fraction of sp³-hybridized carbons (Fsp3) is 0.227. The van der Waals surface area contributed by atoms with Crippen molar-refractivity contribution in [2.24, 2.45) is 0 Å². The molecule has 0 fully saturated rings. The van der Waals surface area contributed by atoms with E-state index >= 15 is 0 Å². The van der Waals surface area contributed by atoms with E-state index in [1.807, 2.05) is 47.1 Å². The van der Waals surface area contributed by atoms with Crippen LogP contribution in [0.25, 0.3) is 33.8 Å². The van der Waals surface area contributed by atoms with E-state index < -0.39 is 0 Å². The summed E-state index contributed by atoms with van der Waals surface area (Å²) in [5, 5.41) is 5.34. The largest absolute Gasteiger partial charge is 0.466 e. The van der Waals surface area contributed by atoms with Gasteiger partial charge in [0.2, 0.25) is 0 Å². The second-order valence-corrected chi connectivity index (χ2v) is 7.09. The molecular formula is C22H20ClN5O2. The Bertz CT molecular complexity index is 1170. The van der Waals surface area contributed by atoms with Crippen LogP contribution in [0.15, 0.2) is 54.9 Å². The van der Waals surface area contributed by atoms with E-state index in [0.29, 0.717) is 42.7 Å². The van der Waals surface area contributed by atoms with Gasteiger partial charge in [0.25, 0.3) is 0 Å². The highest BCUT2D eigenvalue weighted by molar-refractivity contribution is 6.30. The number of aromatic nitrogens is 5. The van der Waals surface area contributed by atoms with E-state index in [4.69, 9.17) is 21.3 Å². The lowest BCUT2D eigenvalue weighted by molar-refractivity contribution is -0.143. The first kappa shape index (κ1) is 20.0. The molecule has 0 saturated carbocycles. The minimum atomic E-state index is -0.210. The number of benzene rings is 2. The fourth-order valence-corrected chi connectivity index (χ4v) is 3.27. The standard InChI is InChI=1S/C22H20ClN5O2/c1-2-30-20(29)4-3-13-28-22(16-7-10-18-19(14-16)25-12-11-24-18)26-21(27-28)15-5-8-17(23)9-6-15/h5-12,14H,2-4,13H2,1H3. The van der Waals surface area contributed by atoms with E-state index in [1.54, 1.807) is 19.3 Å². The van der Waals surface area contributed by atoms with Crippen LogP contribution in [-0.4, -0.2) is 37.3 Å². The van der Waals surface area contributed by atoms with Crippen molar-refractivity contribution >= 4 is 28.6 Å². The zero-order chi connectivity index (χ0) is 20.9. The number of rotatable bonds is 7.